The molecule has 6 nitrogen and oxygen atoms in total. The van der Waals surface area contributed by atoms with Gasteiger partial charge in [0.1, 0.15) is 5.82 Å². The van der Waals surface area contributed by atoms with Crippen LogP contribution in [0.25, 0.3) is 0 Å². The average Bonchev–Trinajstić information content (AvgIpc) is 2.81. The maximum absolute atomic E-state index is 13.1. The third-order valence-electron chi connectivity index (χ3n) is 5.91. The van der Waals surface area contributed by atoms with Crippen molar-refractivity contribution in [3.63, 3.8) is 0 Å². The van der Waals surface area contributed by atoms with Gasteiger partial charge in [-0.05, 0) is 49.2 Å². The van der Waals surface area contributed by atoms with E-state index >= 15 is 0 Å². The molecule has 2 saturated heterocycles. The summed E-state index contributed by atoms with van der Waals surface area (Å²) in [5.74, 6) is -0.544. The van der Waals surface area contributed by atoms with Gasteiger partial charge in [-0.25, -0.2) is 4.39 Å². The number of morpholine rings is 1. The van der Waals surface area contributed by atoms with Gasteiger partial charge in [-0.2, -0.15) is 0 Å². The fraction of sp³-hybridized carbons (Fsp3) is 0.417. The van der Waals surface area contributed by atoms with Gasteiger partial charge in [-0.3, -0.25) is 14.5 Å². The Morgan fingerprint density at radius 3 is 2.55 bits per heavy atom. The second-order valence-corrected chi connectivity index (χ2v) is 8.14. The summed E-state index contributed by atoms with van der Waals surface area (Å²) in [7, 11) is 0. The highest BCUT2D eigenvalue weighted by atomic mass is 19.1. The van der Waals surface area contributed by atoms with Crippen molar-refractivity contribution in [2.75, 3.05) is 44.7 Å². The van der Waals surface area contributed by atoms with E-state index in [4.69, 9.17) is 4.74 Å². The van der Waals surface area contributed by atoms with E-state index in [2.05, 4.69) is 10.2 Å². The molecule has 2 amide bonds. The molecule has 1 atom stereocenters. The molecule has 1 N–H and O–H groups in total. The zero-order valence-electron chi connectivity index (χ0n) is 17.6. The number of rotatable bonds is 5. The number of carbonyl (C=O) groups excluding carboxylic acids is 2. The Bertz CT molecular complexity index is 913. The van der Waals surface area contributed by atoms with Crippen LogP contribution in [-0.2, 0) is 16.1 Å². The number of benzene rings is 2. The predicted molar refractivity (Wildman–Crippen MR) is 116 cm³/mol. The Hall–Kier alpha value is -2.77. The van der Waals surface area contributed by atoms with E-state index in [0.717, 1.165) is 24.9 Å². The summed E-state index contributed by atoms with van der Waals surface area (Å²) in [4.78, 5) is 30.0. The van der Waals surface area contributed by atoms with Crippen molar-refractivity contribution in [1.82, 2.24) is 9.80 Å². The molecule has 0 radical (unpaired) electrons. The van der Waals surface area contributed by atoms with Crippen LogP contribution in [-0.4, -0.2) is 61.0 Å². The van der Waals surface area contributed by atoms with E-state index in [1.54, 1.807) is 29.2 Å². The highest BCUT2D eigenvalue weighted by Gasteiger charge is 2.27. The van der Waals surface area contributed by atoms with E-state index in [-0.39, 0.29) is 23.5 Å². The van der Waals surface area contributed by atoms with E-state index in [1.165, 1.54) is 12.1 Å². The second-order valence-electron chi connectivity index (χ2n) is 8.14. The standard InChI is InChI=1S/C24H28FN3O3/c25-20-9-7-18(8-10-20)16-27-11-3-4-19(17-27)23(29)26-22-6-2-1-5-21(22)24(30)28-12-14-31-15-13-28/h1-2,5-10,19H,3-4,11-17H2,(H,26,29)/t19-/m1/s1. The van der Waals surface area contributed by atoms with Gasteiger partial charge in [0, 0.05) is 26.2 Å². The molecule has 2 aromatic carbocycles. The minimum absolute atomic E-state index is 0.0639. The van der Waals surface area contributed by atoms with Crippen LogP contribution in [0, 0.1) is 11.7 Å². The molecule has 2 heterocycles. The molecule has 0 unspecified atom stereocenters. The van der Waals surface area contributed by atoms with Gasteiger partial charge in [0.15, 0.2) is 0 Å². The van der Waals surface area contributed by atoms with Crippen molar-refractivity contribution in [2.45, 2.75) is 19.4 Å². The summed E-state index contributed by atoms with van der Waals surface area (Å²) in [5, 5.41) is 3.00. The summed E-state index contributed by atoms with van der Waals surface area (Å²) < 4.78 is 18.5. The van der Waals surface area contributed by atoms with Crippen LogP contribution >= 0.6 is 0 Å². The summed E-state index contributed by atoms with van der Waals surface area (Å²) in [6.45, 7) is 4.43. The number of hydrogen-bond acceptors (Lipinski definition) is 4. The SMILES string of the molecule is O=C(Nc1ccccc1C(=O)N1CCOCC1)[C@@H]1CCCN(Cc2ccc(F)cc2)C1. The minimum Gasteiger partial charge on any atom is -0.378 e. The van der Waals surface area contributed by atoms with E-state index in [1.807, 2.05) is 12.1 Å². The Kier molecular flexibility index (Phi) is 6.94. The van der Waals surface area contributed by atoms with Crippen molar-refractivity contribution >= 4 is 17.5 Å². The molecule has 7 heteroatoms. The fourth-order valence-corrected chi connectivity index (χ4v) is 4.21. The molecule has 4 rings (SSSR count). The van der Waals surface area contributed by atoms with Crippen LogP contribution < -0.4 is 5.32 Å². The summed E-state index contributed by atoms with van der Waals surface area (Å²) in [6, 6.07) is 13.7. The van der Waals surface area contributed by atoms with Gasteiger partial charge in [-0.15, -0.1) is 0 Å². The van der Waals surface area contributed by atoms with Crippen molar-refractivity contribution in [3.05, 3.63) is 65.5 Å². The second kappa shape index (κ2) is 10.0. The lowest BCUT2D eigenvalue weighted by Crippen LogP contribution is -2.42. The molecule has 2 fully saturated rings. The molecule has 0 saturated carbocycles. The van der Waals surface area contributed by atoms with E-state index in [0.29, 0.717) is 50.6 Å². The smallest absolute Gasteiger partial charge is 0.256 e. The van der Waals surface area contributed by atoms with Crippen LogP contribution in [0.3, 0.4) is 0 Å². The van der Waals surface area contributed by atoms with Crippen LogP contribution in [0.5, 0.6) is 0 Å². The molecule has 2 aliphatic rings. The number of amides is 2. The molecular weight excluding hydrogens is 397 g/mol. The van der Waals surface area contributed by atoms with Crippen molar-refractivity contribution in [1.29, 1.82) is 0 Å². The number of ether oxygens (including phenoxy) is 1. The first-order valence-corrected chi connectivity index (χ1v) is 10.8. The average molecular weight is 426 g/mol. The quantitative estimate of drug-likeness (QED) is 0.800. The molecule has 0 spiro atoms. The highest BCUT2D eigenvalue weighted by Crippen LogP contribution is 2.23. The summed E-state index contributed by atoms with van der Waals surface area (Å²) in [5.41, 5.74) is 2.10. The molecule has 0 aromatic heterocycles. The fourth-order valence-electron chi connectivity index (χ4n) is 4.21. The maximum atomic E-state index is 13.1. The van der Waals surface area contributed by atoms with Gasteiger partial charge < -0.3 is 15.0 Å². The Morgan fingerprint density at radius 1 is 1.03 bits per heavy atom. The lowest BCUT2D eigenvalue weighted by molar-refractivity contribution is -0.121. The summed E-state index contributed by atoms with van der Waals surface area (Å²) in [6.07, 6.45) is 1.74. The molecule has 31 heavy (non-hydrogen) atoms. The molecule has 0 aliphatic carbocycles. The van der Waals surface area contributed by atoms with Crippen LogP contribution in [0.2, 0.25) is 0 Å². The zero-order chi connectivity index (χ0) is 21.6. The largest absolute Gasteiger partial charge is 0.378 e. The number of likely N-dealkylation sites (tertiary alicyclic amines) is 1. The summed E-state index contributed by atoms with van der Waals surface area (Å²) >= 11 is 0. The van der Waals surface area contributed by atoms with Gasteiger partial charge in [0.05, 0.1) is 30.4 Å². The highest BCUT2D eigenvalue weighted by molar-refractivity contribution is 6.04. The number of anilines is 1. The van der Waals surface area contributed by atoms with Gasteiger partial charge >= 0.3 is 0 Å². The number of carbonyl (C=O) groups is 2. The monoisotopic (exact) mass is 425 g/mol. The van der Waals surface area contributed by atoms with E-state index in [9.17, 15) is 14.0 Å². The predicted octanol–water partition coefficient (Wildman–Crippen LogP) is 3.15. The van der Waals surface area contributed by atoms with Gasteiger partial charge in [0.2, 0.25) is 5.91 Å². The van der Waals surface area contributed by atoms with Crippen molar-refractivity contribution in [2.24, 2.45) is 5.92 Å². The first kappa shape index (κ1) is 21.5. The number of nitrogens with zero attached hydrogens (tertiary/aromatic N) is 2. The minimum atomic E-state index is -0.245. The van der Waals surface area contributed by atoms with Crippen LogP contribution in [0.4, 0.5) is 10.1 Å². The number of nitrogens with one attached hydrogen (secondary N) is 1. The molecule has 0 bridgehead atoms. The maximum Gasteiger partial charge on any atom is 0.256 e. The molecule has 164 valence electrons. The topological polar surface area (TPSA) is 61.9 Å². The Labute approximate surface area is 182 Å². The van der Waals surface area contributed by atoms with Gasteiger partial charge in [-0.1, -0.05) is 24.3 Å². The number of piperidine rings is 1. The number of hydrogen-bond donors (Lipinski definition) is 1. The Morgan fingerprint density at radius 2 is 1.77 bits per heavy atom. The zero-order valence-corrected chi connectivity index (χ0v) is 17.6. The lowest BCUT2D eigenvalue weighted by Gasteiger charge is -2.32. The van der Waals surface area contributed by atoms with Crippen LogP contribution in [0.15, 0.2) is 48.5 Å². The molecule has 2 aromatic rings. The van der Waals surface area contributed by atoms with E-state index < -0.39 is 0 Å². The van der Waals surface area contributed by atoms with Crippen molar-refractivity contribution < 1.29 is 18.7 Å². The first-order chi connectivity index (χ1) is 15.1. The number of para-hydroxylation sites is 1. The van der Waals surface area contributed by atoms with Crippen molar-refractivity contribution in [3.8, 4) is 0 Å². The molecule has 2 aliphatic heterocycles. The Balaban J connectivity index is 1.39. The van der Waals surface area contributed by atoms with Crippen LogP contribution in [0.1, 0.15) is 28.8 Å². The molecular formula is C24H28FN3O3. The normalized spacial score (nSPS) is 19.8. The lowest BCUT2D eigenvalue weighted by atomic mass is 9.96. The third kappa shape index (κ3) is 5.48. The van der Waals surface area contributed by atoms with Gasteiger partial charge in [0.25, 0.3) is 5.91 Å². The first-order valence-electron chi connectivity index (χ1n) is 10.8. The third-order valence-corrected chi connectivity index (χ3v) is 5.91. The number of halogens is 1.